The van der Waals surface area contributed by atoms with Crippen LogP contribution >= 0.6 is 0 Å². The molecule has 1 unspecified atom stereocenters. The largest absolute Gasteiger partial charge is 0.475 e. The Labute approximate surface area is 160 Å². The van der Waals surface area contributed by atoms with Crippen molar-refractivity contribution in [3.05, 3.63) is 30.3 Å². The topological polar surface area (TPSA) is 110 Å². The smallest absolute Gasteiger partial charge is 0.426 e. The van der Waals surface area contributed by atoms with Crippen LogP contribution in [0.15, 0.2) is 35.2 Å². The van der Waals surface area contributed by atoms with E-state index in [1.54, 1.807) is 30.3 Å². The molecule has 2 heterocycles. The summed E-state index contributed by atoms with van der Waals surface area (Å²) in [6, 6.07) is 8.25. The summed E-state index contributed by atoms with van der Waals surface area (Å²) < 4.78 is 27.0. The van der Waals surface area contributed by atoms with E-state index < -0.39 is 23.1 Å². The van der Waals surface area contributed by atoms with Crippen molar-refractivity contribution < 1.29 is 23.3 Å². The van der Waals surface area contributed by atoms with Crippen molar-refractivity contribution in [3.63, 3.8) is 0 Å². The first kappa shape index (κ1) is 20.3. The maximum absolute atomic E-state index is 12.8. The molecule has 0 aliphatic carbocycles. The molecular formula is C17H26BN3O5S. The lowest BCUT2D eigenvalue weighted by Gasteiger charge is -2.33. The Bertz CT molecular complexity index is 746. The first-order chi connectivity index (χ1) is 12.9. The molecule has 0 saturated carbocycles. The number of nitrogens with one attached hydrogen (secondary N) is 1. The number of piperidine rings is 1. The van der Waals surface area contributed by atoms with Gasteiger partial charge in [-0.15, -0.1) is 0 Å². The number of amides is 1. The molecular weight excluding hydrogens is 369 g/mol. The molecule has 0 spiro atoms. The van der Waals surface area contributed by atoms with Gasteiger partial charge in [-0.05, 0) is 37.8 Å². The van der Waals surface area contributed by atoms with Gasteiger partial charge in [0.2, 0.25) is 15.9 Å². The summed E-state index contributed by atoms with van der Waals surface area (Å²) in [5.74, 6) is -0.741. The van der Waals surface area contributed by atoms with Crippen LogP contribution in [0.2, 0.25) is 0 Å². The number of benzene rings is 1. The Morgan fingerprint density at radius 1 is 1.15 bits per heavy atom. The molecule has 2 saturated heterocycles. The van der Waals surface area contributed by atoms with Crippen molar-refractivity contribution >= 4 is 23.0 Å². The molecule has 27 heavy (non-hydrogen) atoms. The fraction of sp³-hybridized carbons (Fsp3) is 0.588. The fourth-order valence-electron chi connectivity index (χ4n) is 3.81. The van der Waals surface area contributed by atoms with Crippen LogP contribution < -0.4 is 5.32 Å². The zero-order chi connectivity index (χ0) is 19.4. The number of hydrogen-bond acceptors (Lipinski definition) is 6. The predicted molar refractivity (Wildman–Crippen MR) is 101 cm³/mol. The number of hydrogen-bond donors (Lipinski definition) is 3. The summed E-state index contributed by atoms with van der Waals surface area (Å²) >= 11 is 0. The molecule has 0 aromatic heterocycles. The maximum Gasteiger partial charge on any atom is 0.475 e. The van der Waals surface area contributed by atoms with Gasteiger partial charge in [0.15, 0.2) is 0 Å². The number of likely N-dealkylation sites (tertiary alicyclic amines) is 1. The van der Waals surface area contributed by atoms with E-state index in [-0.39, 0.29) is 23.4 Å². The van der Waals surface area contributed by atoms with E-state index in [2.05, 4.69) is 5.32 Å². The van der Waals surface area contributed by atoms with E-state index in [1.807, 2.05) is 0 Å². The van der Waals surface area contributed by atoms with Crippen LogP contribution in [-0.4, -0.2) is 78.9 Å². The highest BCUT2D eigenvalue weighted by atomic mass is 32.2. The molecule has 3 N–H and O–H groups in total. The number of nitrogens with zero attached hydrogens (tertiary/aromatic N) is 2. The minimum Gasteiger partial charge on any atom is -0.426 e. The summed E-state index contributed by atoms with van der Waals surface area (Å²) in [6.45, 7) is 1.36. The maximum atomic E-state index is 12.8. The summed E-state index contributed by atoms with van der Waals surface area (Å²) in [5.41, 5.74) is 0. The third kappa shape index (κ3) is 4.70. The lowest BCUT2D eigenvalue weighted by molar-refractivity contribution is -0.130. The SMILES string of the molecule is O=C(CNC1CCCN(S(=O)(=O)c2ccccc2)C1)N1CCC[C@H]1B(O)O. The molecule has 0 bridgehead atoms. The summed E-state index contributed by atoms with van der Waals surface area (Å²) in [5, 5.41) is 21.9. The van der Waals surface area contributed by atoms with Gasteiger partial charge in [-0.2, -0.15) is 4.31 Å². The lowest BCUT2D eigenvalue weighted by atomic mass is 9.78. The van der Waals surface area contributed by atoms with Crippen molar-refractivity contribution in [2.24, 2.45) is 0 Å². The molecule has 148 valence electrons. The Morgan fingerprint density at radius 2 is 1.85 bits per heavy atom. The third-order valence-corrected chi connectivity index (χ3v) is 7.15. The fourth-order valence-corrected chi connectivity index (χ4v) is 5.36. The minimum atomic E-state index is -3.54. The van der Waals surface area contributed by atoms with Crippen molar-refractivity contribution in [1.82, 2.24) is 14.5 Å². The molecule has 2 aliphatic heterocycles. The number of carbonyl (C=O) groups excluding carboxylic acids is 1. The predicted octanol–water partition coefficient (Wildman–Crippen LogP) is -0.568. The van der Waals surface area contributed by atoms with E-state index in [9.17, 15) is 23.3 Å². The van der Waals surface area contributed by atoms with Gasteiger partial charge in [-0.3, -0.25) is 4.79 Å². The van der Waals surface area contributed by atoms with E-state index in [0.29, 0.717) is 26.1 Å². The van der Waals surface area contributed by atoms with E-state index in [4.69, 9.17) is 0 Å². The zero-order valence-electron chi connectivity index (χ0n) is 15.2. The van der Waals surface area contributed by atoms with Crippen LogP contribution in [0.25, 0.3) is 0 Å². The number of rotatable bonds is 6. The molecule has 3 rings (SSSR count). The highest BCUT2D eigenvalue weighted by molar-refractivity contribution is 7.89. The van der Waals surface area contributed by atoms with Gasteiger partial charge >= 0.3 is 7.12 Å². The molecule has 1 aromatic carbocycles. The van der Waals surface area contributed by atoms with Gasteiger partial charge in [0.25, 0.3) is 0 Å². The normalized spacial score (nSPS) is 24.1. The molecule has 2 atom stereocenters. The van der Waals surface area contributed by atoms with E-state index in [1.165, 1.54) is 9.21 Å². The highest BCUT2D eigenvalue weighted by Crippen LogP contribution is 2.21. The number of sulfonamides is 1. The van der Waals surface area contributed by atoms with Gasteiger partial charge in [0.05, 0.1) is 17.4 Å². The van der Waals surface area contributed by atoms with Crippen LogP contribution in [0.1, 0.15) is 25.7 Å². The van der Waals surface area contributed by atoms with Crippen LogP contribution in [0.3, 0.4) is 0 Å². The molecule has 2 aliphatic rings. The molecule has 8 nitrogen and oxygen atoms in total. The third-order valence-electron chi connectivity index (χ3n) is 5.27. The van der Waals surface area contributed by atoms with Crippen LogP contribution in [0, 0.1) is 0 Å². The summed E-state index contributed by atoms with van der Waals surface area (Å²) in [7, 11) is -5.07. The molecule has 0 radical (unpaired) electrons. The van der Waals surface area contributed by atoms with E-state index >= 15 is 0 Å². The van der Waals surface area contributed by atoms with Crippen LogP contribution in [-0.2, 0) is 14.8 Å². The van der Waals surface area contributed by atoms with Gasteiger partial charge < -0.3 is 20.3 Å². The average molecular weight is 395 g/mol. The van der Waals surface area contributed by atoms with Crippen molar-refractivity contribution in [1.29, 1.82) is 0 Å². The van der Waals surface area contributed by atoms with Crippen molar-refractivity contribution in [2.75, 3.05) is 26.2 Å². The minimum absolute atomic E-state index is 0.0626. The summed E-state index contributed by atoms with van der Waals surface area (Å²) in [4.78, 5) is 14.2. The first-order valence-electron chi connectivity index (χ1n) is 9.34. The molecule has 2 fully saturated rings. The van der Waals surface area contributed by atoms with Crippen LogP contribution in [0.4, 0.5) is 0 Å². The number of carbonyl (C=O) groups is 1. The molecule has 10 heteroatoms. The monoisotopic (exact) mass is 395 g/mol. The van der Waals surface area contributed by atoms with Crippen molar-refractivity contribution in [2.45, 2.75) is 42.6 Å². The van der Waals surface area contributed by atoms with Gasteiger partial charge in [0, 0.05) is 25.7 Å². The summed E-state index contributed by atoms with van der Waals surface area (Å²) in [6.07, 6.45) is 2.84. The Morgan fingerprint density at radius 3 is 2.56 bits per heavy atom. The second kappa shape index (κ2) is 8.70. The lowest BCUT2D eigenvalue weighted by Crippen LogP contribution is -2.52. The second-order valence-electron chi connectivity index (χ2n) is 7.11. The zero-order valence-corrected chi connectivity index (χ0v) is 16.0. The van der Waals surface area contributed by atoms with Crippen molar-refractivity contribution in [3.8, 4) is 0 Å². The van der Waals surface area contributed by atoms with Gasteiger partial charge in [-0.25, -0.2) is 8.42 Å². The van der Waals surface area contributed by atoms with Gasteiger partial charge in [0.1, 0.15) is 0 Å². The van der Waals surface area contributed by atoms with E-state index in [0.717, 1.165) is 19.3 Å². The molecule has 1 amide bonds. The Hall–Kier alpha value is -1.46. The average Bonchev–Trinajstić information content (AvgIpc) is 3.17. The Kier molecular flexibility index (Phi) is 6.54. The second-order valence-corrected chi connectivity index (χ2v) is 9.04. The standard InChI is InChI=1S/C17H26BN3O5S/c22-17(21-11-5-9-16(21)18(23)24)12-19-14-6-4-10-20(13-14)27(25,26)15-7-2-1-3-8-15/h1-3,7-8,14,16,19,23-24H,4-6,9-13H2/t14?,16-/m0/s1. The van der Waals surface area contributed by atoms with Crippen LogP contribution in [0.5, 0.6) is 0 Å². The molecule has 1 aromatic rings. The quantitative estimate of drug-likeness (QED) is 0.557. The first-order valence-corrected chi connectivity index (χ1v) is 10.8. The van der Waals surface area contributed by atoms with Gasteiger partial charge in [-0.1, -0.05) is 18.2 Å². The Balaban J connectivity index is 1.57. The highest BCUT2D eigenvalue weighted by Gasteiger charge is 2.37.